The molecule has 88 valence electrons. The molecule has 0 saturated carbocycles. The van der Waals surface area contributed by atoms with E-state index in [9.17, 15) is 4.39 Å². The number of fused-ring (bicyclic) bond motifs is 1. The summed E-state index contributed by atoms with van der Waals surface area (Å²) in [6.07, 6.45) is 1.77. The van der Waals surface area contributed by atoms with E-state index in [1.807, 2.05) is 30.3 Å². The third kappa shape index (κ3) is 2.15. The van der Waals surface area contributed by atoms with Gasteiger partial charge >= 0.3 is 0 Å². The fourth-order valence-electron chi connectivity index (χ4n) is 1.84. The Bertz CT molecular complexity index is 677. The van der Waals surface area contributed by atoms with Gasteiger partial charge in [-0.1, -0.05) is 18.2 Å². The molecular formula is C15H11FN2. The molecule has 3 heteroatoms. The van der Waals surface area contributed by atoms with Gasteiger partial charge in [0, 0.05) is 11.1 Å². The molecule has 1 aromatic heterocycles. The number of hydrogen-bond acceptors (Lipinski definition) is 2. The van der Waals surface area contributed by atoms with Crippen LogP contribution in [0.2, 0.25) is 0 Å². The molecule has 1 N–H and O–H groups in total. The van der Waals surface area contributed by atoms with Crippen LogP contribution in [0, 0.1) is 5.82 Å². The first-order valence-electron chi connectivity index (χ1n) is 5.69. The van der Waals surface area contributed by atoms with Gasteiger partial charge in [-0.05, 0) is 36.4 Å². The molecule has 18 heavy (non-hydrogen) atoms. The lowest BCUT2D eigenvalue weighted by atomic mass is 10.2. The molecule has 0 saturated heterocycles. The minimum atomic E-state index is -0.239. The Balaban J connectivity index is 1.92. The largest absolute Gasteiger partial charge is 0.354 e. The van der Waals surface area contributed by atoms with E-state index in [4.69, 9.17) is 0 Å². The van der Waals surface area contributed by atoms with E-state index in [2.05, 4.69) is 10.3 Å². The number of halogens is 1. The monoisotopic (exact) mass is 238 g/mol. The number of nitrogens with zero attached hydrogens (tertiary/aromatic N) is 1. The molecule has 0 unspecified atom stereocenters. The van der Waals surface area contributed by atoms with E-state index >= 15 is 0 Å². The van der Waals surface area contributed by atoms with E-state index in [0.29, 0.717) is 0 Å². The van der Waals surface area contributed by atoms with Gasteiger partial charge in [-0.15, -0.1) is 0 Å². The van der Waals surface area contributed by atoms with Crippen LogP contribution in [0.25, 0.3) is 10.9 Å². The van der Waals surface area contributed by atoms with Crippen LogP contribution in [0.1, 0.15) is 0 Å². The average molecular weight is 238 g/mol. The van der Waals surface area contributed by atoms with Crippen molar-refractivity contribution in [2.24, 2.45) is 0 Å². The van der Waals surface area contributed by atoms with E-state index < -0.39 is 0 Å². The Kier molecular flexibility index (Phi) is 2.65. The topological polar surface area (TPSA) is 24.9 Å². The van der Waals surface area contributed by atoms with E-state index in [-0.39, 0.29) is 5.82 Å². The smallest absolute Gasteiger partial charge is 0.123 e. The first-order chi connectivity index (χ1) is 8.81. The van der Waals surface area contributed by atoms with Crippen LogP contribution in [0.4, 0.5) is 15.8 Å². The lowest BCUT2D eigenvalue weighted by Gasteiger charge is -2.06. The average Bonchev–Trinajstić information content (AvgIpc) is 2.41. The number of para-hydroxylation sites is 1. The summed E-state index contributed by atoms with van der Waals surface area (Å²) < 4.78 is 12.8. The predicted molar refractivity (Wildman–Crippen MR) is 71.4 cm³/mol. The standard InChI is InChI=1S/C15H11FN2/c16-12-5-7-13(8-6-12)18-14-9-11-3-1-2-4-15(11)17-10-14/h1-10,18H. The lowest BCUT2D eigenvalue weighted by molar-refractivity contribution is 0.628. The summed E-state index contributed by atoms with van der Waals surface area (Å²) in [6.45, 7) is 0. The molecular weight excluding hydrogens is 227 g/mol. The molecule has 0 atom stereocenters. The van der Waals surface area contributed by atoms with Crippen molar-refractivity contribution >= 4 is 22.3 Å². The van der Waals surface area contributed by atoms with E-state index in [0.717, 1.165) is 22.3 Å². The maximum atomic E-state index is 12.8. The third-order valence-corrected chi connectivity index (χ3v) is 2.72. The summed E-state index contributed by atoms with van der Waals surface area (Å²) in [5, 5.41) is 4.27. The highest BCUT2D eigenvalue weighted by Crippen LogP contribution is 2.20. The minimum Gasteiger partial charge on any atom is -0.354 e. The summed E-state index contributed by atoms with van der Waals surface area (Å²) in [5.41, 5.74) is 2.69. The van der Waals surface area contributed by atoms with Crippen LogP contribution in [0.5, 0.6) is 0 Å². The quantitative estimate of drug-likeness (QED) is 0.726. The van der Waals surface area contributed by atoms with Gasteiger partial charge in [0.2, 0.25) is 0 Å². The molecule has 0 bridgehead atoms. The van der Waals surface area contributed by atoms with E-state index in [1.54, 1.807) is 18.3 Å². The first-order valence-corrected chi connectivity index (χ1v) is 5.69. The van der Waals surface area contributed by atoms with Crippen molar-refractivity contribution in [2.45, 2.75) is 0 Å². The highest BCUT2D eigenvalue weighted by atomic mass is 19.1. The van der Waals surface area contributed by atoms with Gasteiger partial charge in [0.1, 0.15) is 5.82 Å². The van der Waals surface area contributed by atoms with Crippen molar-refractivity contribution < 1.29 is 4.39 Å². The number of aromatic nitrogens is 1. The summed E-state index contributed by atoms with van der Waals surface area (Å²) in [7, 11) is 0. The Morgan fingerprint density at radius 2 is 1.67 bits per heavy atom. The molecule has 0 fully saturated rings. The summed E-state index contributed by atoms with van der Waals surface area (Å²) in [5.74, 6) is -0.239. The molecule has 2 nitrogen and oxygen atoms in total. The van der Waals surface area contributed by atoms with E-state index in [1.165, 1.54) is 12.1 Å². The van der Waals surface area contributed by atoms with Gasteiger partial charge in [-0.2, -0.15) is 0 Å². The second-order valence-corrected chi connectivity index (χ2v) is 4.05. The Morgan fingerprint density at radius 3 is 2.50 bits per heavy atom. The maximum absolute atomic E-state index is 12.8. The number of anilines is 2. The molecule has 1 heterocycles. The molecule has 0 spiro atoms. The van der Waals surface area contributed by atoms with Crippen molar-refractivity contribution in [2.75, 3.05) is 5.32 Å². The van der Waals surface area contributed by atoms with Crippen molar-refractivity contribution in [3.05, 3.63) is 66.6 Å². The molecule has 0 aliphatic carbocycles. The fraction of sp³-hybridized carbons (Fsp3) is 0. The molecule has 0 aliphatic rings. The summed E-state index contributed by atoms with van der Waals surface area (Å²) in [6, 6.07) is 16.2. The van der Waals surface area contributed by atoms with Gasteiger partial charge in [0.25, 0.3) is 0 Å². The minimum absolute atomic E-state index is 0.239. The zero-order chi connectivity index (χ0) is 12.4. The van der Waals surface area contributed by atoms with Gasteiger partial charge < -0.3 is 5.32 Å². The van der Waals surface area contributed by atoms with Crippen LogP contribution in [-0.2, 0) is 0 Å². The van der Waals surface area contributed by atoms with Gasteiger partial charge in [0.05, 0.1) is 17.4 Å². The Labute approximate surface area is 104 Å². The lowest BCUT2D eigenvalue weighted by Crippen LogP contribution is -1.91. The second kappa shape index (κ2) is 4.45. The number of hydrogen-bond donors (Lipinski definition) is 1. The third-order valence-electron chi connectivity index (χ3n) is 2.72. The molecule has 0 amide bonds. The molecule has 3 aromatic rings. The number of benzene rings is 2. The summed E-state index contributed by atoms with van der Waals surface area (Å²) >= 11 is 0. The molecule has 3 rings (SSSR count). The Hall–Kier alpha value is -2.42. The zero-order valence-corrected chi connectivity index (χ0v) is 9.60. The van der Waals surface area contributed by atoms with Crippen LogP contribution in [0.15, 0.2) is 60.8 Å². The van der Waals surface area contributed by atoms with Crippen LogP contribution in [0.3, 0.4) is 0 Å². The van der Waals surface area contributed by atoms with Crippen molar-refractivity contribution in [1.29, 1.82) is 0 Å². The maximum Gasteiger partial charge on any atom is 0.123 e. The zero-order valence-electron chi connectivity index (χ0n) is 9.60. The normalized spacial score (nSPS) is 10.5. The Morgan fingerprint density at radius 1 is 0.889 bits per heavy atom. The van der Waals surface area contributed by atoms with Gasteiger partial charge in [-0.3, -0.25) is 4.98 Å². The fourth-order valence-corrected chi connectivity index (χ4v) is 1.84. The first kappa shape index (κ1) is 10.7. The number of rotatable bonds is 2. The highest BCUT2D eigenvalue weighted by molar-refractivity contribution is 5.82. The van der Waals surface area contributed by atoms with Crippen molar-refractivity contribution in [3.63, 3.8) is 0 Å². The SMILES string of the molecule is Fc1ccc(Nc2cnc3ccccc3c2)cc1. The predicted octanol–water partition coefficient (Wildman–Crippen LogP) is 4.12. The van der Waals surface area contributed by atoms with Crippen molar-refractivity contribution in [3.8, 4) is 0 Å². The van der Waals surface area contributed by atoms with Crippen LogP contribution < -0.4 is 5.32 Å². The van der Waals surface area contributed by atoms with Crippen molar-refractivity contribution in [1.82, 2.24) is 4.98 Å². The molecule has 0 aliphatic heterocycles. The molecule has 0 radical (unpaired) electrons. The number of nitrogens with one attached hydrogen (secondary N) is 1. The molecule has 2 aromatic carbocycles. The van der Waals surface area contributed by atoms with Gasteiger partial charge in [0.15, 0.2) is 0 Å². The second-order valence-electron chi connectivity index (χ2n) is 4.05. The van der Waals surface area contributed by atoms with Crippen LogP contribution >= 0.6 is 0 Å². The van der Waals surface area contributed by atoms with Gasteiger partial charge in [-0.25, -0.2) is 4.39 Å². The highest BCUT2D eigenvalue weighted by Gasteiger charge is 1.98. The summed E-state index contributed by atoms with van der Waals surface area (Å²) in [4.78, 5) is 4.36. The number of pyridine rings is 1. The van der Waals surface area contributed by atoms with Crippen LogP contribution in [-0.4, -0.2) is 4.98 Å².